The molecule has 3 nitrogen and oxygen atoms in total. The van der Waals surface area contributed by atoms with Crippen molar-refractivity contribution in [3.05, 3.63) is 28.2 Å². The van der Waals surface area contributed by atoms with Gasteiger partial charge in [-0.15, -0.1) is 0 Å². The summed E-state index contributed by atoms with van der Waals surface area (Å²) in [4.78, 5) is 4.60. The Morgan fingerprint density at radius 1 is 1.50 bits per heavy atom. The molecule has 1 aliphatic heterocycles. The summed E-state index contributed by atoms with van der Waals surface area (Å²) in [7, 11) is 4.25. The van der Waals surface area contributed by atoms with Crippen molar-refractivity contribution in [2.75, 3.05) is 32.1 Å². The van der Waals surface area contributed by atoms with Crippen molar-refractivity contribution in [3.8, 4) is 6.07 Å². The number of hydrogen-bond donors (Lipinski definition) is 0. The Morgan fingerprint density at radius 3 is 2.94 bits per heavy atom. The van der Waals surface area contributed by atoms with Gasteiger partial charge in [-0.2, -0.15) is 5.26 Å². The quantitative estimate of drug-likeness (QED) is 0.841. The summed E-state index contributed by atoms with van der Waals surface area (Å²) in [6.45, 7) is 2.24. The van der Waals surface area contributed by atoms with E-state index in [1.165, 1.54) is 19.4 Å². The number of rotatable bonds is 2. The van der Waals surface area contributed by atoms with Crippen molar-refractivity contribution in [3.63, 3.8) is 0 Å². The molecule has 1 aromatic rings. The second kappa shape index (κ2) is 5.73. The van der Waals surface area contributed by atoms with Crippen molar-refractivity contribution >= 4 is 21.6 Å². The number of anilines is 1. The molecule has 0 radical (unpaired) electrons. The molecule has 1 heterocycles. The van der Waals surface area contributed by atoms with Gasteiger partial charge in [-0.1, -0.05) is 6.07 Å². The van der Waals surface area contributed by atoms with E-state index < -0.39 is 0 Å². The summed E-state index contributed by atoms with van der Waals surface area (Å²) >= 11 is 3.45. The molecule has 0 aliphatic carbocycles. The second-order valence-corrected chi connectivity index (χ2v) is 5.77. The van der Waals surface area contributed by atoms with Crippen LogP contribution in [0.3, 0.4) is 0 Å². The number of hydrogen-bond acceptors (Lipinski definition) is 3. The number of nitriles is 1. The zero-order chi connectivity index (χ0) is 13.1. The molecule has 0 N–H and O–H groups in total. The lowest BCUT2D eigenvalue weighted by atomic mass is 10.0. The van der Waals surface area contributed by atoms with E-state index in [0.29, 0.717) is 6.04 Å². The van der Waals surface area contributed by atoms with Crippen molar-refractivity contribution in [2.24, 2.45) is 0 Å². The van der Waals surface area contributed by atoms with Gasteiger partial charge >= 0.3 is 0 Å². The summed E-state index contributed by atoms with van der Waals surface area (Å²) in [5, 5.41) is 9.28. The van der Waals surface area contributed by atoms with Gasteiger partial charge in [-0.3, -0.25) is 0 Å². The van der Waals surface area contributed by atoms with Gasteiger partial charge < -0.3 is 9.80 Å². The van der Waals surface area contributed by atoms with E-state index in [9.17, 15) is 5.26 Å². The van der Waals surface area contributed by atoms with E-state index >= 15 is 0 Å². The van der Waals surface area contributed by atoms with Crippen molar-refractivity contribution in [1.29, 1.82) is 5.26 Å². The normalized spacial score (nSPS) is 20.4. The molecule has 18 heavy (non-hydrogen) atoms. The first kappa shape index (κ1) is 13.4. The van der Waals surface area contributed by atoms with Gasteiger partial charge in [-0.25, -0.2) is 0 Å². The summed E-state index contributed by atoms with van der Waals surface area (Å²) in [6, 6.07) is 8.72. The number of likely N-dealkylation sites (tertiary alicyclic amines) is 1. The van der Waals surface area contributed by atoms with Crippen molar-refractivity contribution in [2.45, 2.75) is 18.9 Å². The first-order chi connectivity index (χ1) is 8.63. The number of halogens is 1. The molecule has 1 aliphatic rings. The standard InChI is InChI=1S/C14H18BrN3/c1-17-8-4-5-11(10-17)18(2)14-7-3-6-13(15)12(14)9-16/h3,6-7,11H,4-5,8,10H2,1-2H3. The minimum atomic E-state index is 0.491. The van der Waals surface area contributed by atoms with Gasteiger partial charge in [0.05, 0.1) is 11.3 Å². The lowest BCUT2D eigenvalue weighted by molar-refractivity contribution is 0.248. The summed E-state index contributed by atoms with van der Waals surface area (Å²) < 4.78 is 0.874. The fourth-order valence-corrected chi connectivity index (χ4v) is 3.01. The van der Waals surface area contributed by atoms with E-state index in [4.69, 9.17) is 0 Å². The van der Waals surface area contributed by atoms with Gasteiger partial charge in [0, 0.05) is 24.1 Å². The number of nitrogens with zero attached hydrogens (tertiary/aromatic N) is 3. The van der Waals surface area contributed by atoms with Crippen LogP contribution in [0.4, 0.5) is 5.69 Å². The molecule has 0 saturated carbocycles. The van der Waals surface area contributed by atoms with Crippen molar-refractivity contribution in [1.82, 2.24) is 4.90 Å². The Morgan fingerprint density at radius 2 is 2.28 bits per heavy atom. The van der Waals surface area contributed by atoms with Crippen LogP contribution in [0.2, 0.25) is 0 Å². The Labute approximate surface area is 117 Å². The van der Waals surface area contributed by atoms with E-state index in [0.717, 1.165) is 22.3 Å². The van der Waals surface area contributed by atoms with Crippen LogP contribution in [-0.4, -0.2) is 38.1 Å². The molecule has 4 heteroatoms. The highest BCUT2D eigenvalue weighted by Crippen LogP contribution is 2.29. The molecular formula is C14H18BrN3. The zero-order valence-corrected chi connectivity index (χ0v) is 12.4. The highest BCUT2D eigenvalue weighted by molar-refractivity contribution is 9.10. The van der Waals surface area contributed by atoms with Crippen LogP contribution < -0.4 is 4.90 Å². The molecule has 0 amide bonds. The number of benzene rings is 1. The number of piperidine rings is 1. The molecule has 0 aromatic heterocycles. The highest BCUT2D eigenvalue weighted by atomic mass is 79.9. The van der Waals surface area contributed by atoms with Crippen LogP contribution in [0.5, 0.6) is 0 Å². The summed E-state index contributed by atoms with van der Waals surface area (Å²) in [6.07, 6.45) is 2.42. The third-order valence-corrected chi connectivity index (χ3v) is 4.29. The highest BCUT2D eigenvalue weighted by Gasteiger charge is 2.23. The van der Waals surface area contributed by atoms with Crippen molar-refractivity contribution < 1.29 is 0 Å². The maximum atomic E-state index is 9.28. The molecule has 1 atom stereocenters. The Kier molecular flexibility index (Phi) is 4.26. The van der Waals surface area contributed by atoms with Gasteiger partial charge in [0.2, 0.25) is 0 Å². The van der Waals surface area contributed by atoms with Crippen LogP contribution in [0.1, 0.15) is 18.4 Å². The van der Waals surface area contributed by atoms with Crippen LogP contribution in [0.15, 0.2) is 22.7 Å². The van der Waals surface area contributed by atoms with Crippen LogP contribution >= 0.6 is 15.9 Å². The third-order valence-electron chi connectivity index (χ3n) is 3.63. The molecular weight excluding hydrogens is 290 g/mol. The fourth-order valence-electron chi connectivity index (χ4n) is 2.57. The lowest BCUT2D eigenvalue weighted by Gasteiger charge is -2.37. The Balaban J connectivity index is 2.26. The van der Waals surface area contributed by atoms with E-state index in [-0.39, 0.29) is 0 Å². The first-order valence-corrected chi connectivity index (χ1v) is 7.02. The first-order valence-electron chi connectivity index (χ1n) is 6.23. The molecule has 0 bridgehead atoms. The average Bonchev–Trinajstić information content (AvgIpc) is 2.37. The van der Waals surface area contributed by atoms with E-state index in [1.807, 2.05) is 18.2 Å². The molecule has 2 rings (SSSR count). The summed E-state index contributed by atoms with van der Waals surface area (Å²) in [5.41, 5.74) is 1.75. The van der Waals surface area contributed by atoms with E-state index in [1.54, 1.807) is 0 Å². The molecule has 1 saturated heterocycles. The maximum Gasteiger partial charge on any atom is 0.103 e. The molecule has 0 spiro atoms. The predicted molar refractivity (Wildman–Crippen MR) is 77.8 cm³/mol. The topological polar surface area (TPSA) is 30.3 Å². The number of likely N-dealkylation sites (N-methyl/N-ethyl adjacent to an activating group) is 2. The predicted octanol–water partition coefficient (Wildman–Crippen LogP) is 2.85. The minimum Gasteiger partial charge on any atom is -0.369 e. The maximum absolute atomic E-state index is 9.28. The Bertz CT molecular complexity index is 467. The molecule has 1 fully saturated rings. The molecule has 1 aromatic carbocycles. The van der Waals surface area contributed by atoms with Crippen LogP contribution in [0, 0.1) is 11.3 Å². The van der Waals surface area contributed by atoms with E-state index in [2.05, 4.69) is 45.9 Å². The SMILES string of the molecule is CN1CCCC(N(C)c2cccc(Br)c2C#N)C1. The fraction of sp³-hybridized carbons (Fsp3) is 0.500. The summed E-state index contributed by atoms with van der Waals surface area (Å²) in [5.74, 6) is 0. The second-order valence-electron chi connectivity index (χ2n) is 4.91. The minimum absolute atomic E-state index is 0.491. The largest absolute Gasteiger partial charge is 0.369 e. The third kappa shape index (κ3) is 2.68. The van der Waals surface area contributed by atoms with Crippen LogP contribution in [-0.2, 0) is 0 Å². The molecule has 1 unspecified atom stereocenters. The Hall–Kier alpha value is -1.05. The molecule has 96 valence electrons. The van der Waals surface area contributed by atoms with Gasteiger partial charge in [0.15, 0.2) is 0 Å². The van der Waals surface area contributed by atoms with Gasteiger partial charge in [0.1, 0.15) is 6.07 Å². The lowest BCUT2D eigenvalue weighted by Crippen LogP contribution is -2.45. The zero-order valence-electron chi connectivity index (χ0n) is 10.9. The smallest absolute Gasteiger partial charge is 0.103 e. The van der Waals surface area contributed by atoms with Crippen LogP contribution in [0.25, 0.3) is 0 Å². The van der Waals surface area contributed by atoms with Gasteiger partial charge in [-0.05, 0) is 54.5 Å². The monoisotopic (exact) mass is 307 g/mol. The van der Waals surface area contributed by atoms with Gasteiger partial charge in [0.25, 0.3) is 0 Å². The average molecular weight is 308 g/mol.